The van der Waals surface area contributed by atoms with E-state index in [0.29, 0.717) is 27.5 Å². The zero-order chi connectivity index (χ0) is 25.8. The molecule has 1 fully saturated rings. The van der Waals surface area contributed by atoms with Gasteiger partial charge in [0.25, 0.3) is 5.56 Å². The minimum Gasteiger partial charge on any atom is -0.496 e. The minimum absolute atomic E-state index is 0.158. The topological polar surface area (TPSA) is 82.6 Å². The van der Waals surface area contributed by atoms with Crippen LogP contribution in [0.3, 0.4) is 0 Å². The number of aromatic amines is 1. The number of hydrogen-bond donors (Lipinski definition) is 2. The molecule has 2 N–H and O–H groups in total. The Balaban J connectivity index is 1.64. The van der Waals surface area contributed by atoms with Gasteiger partial charge in [0, 0.05) is 39.9 Å². The molecule has 0 atom stereocenters. The molecule has 0 saturated heterocycles. The zero-order valence-corrected chi connectivity index (χ0v) is 22.3. The maximum Gasteiger partial charge on any atom is 0.407 e. The molecule has 2 aromatic heterocycles. The standard InChI is InChI=1S/C28H29ClN2O4S/c1-27(2,3)31(26(33)34)15-28(11-5-12-28)17-8-6-16(7-9-17)21-20(35-4)14-19(29)23-22(21)18-10-13-36-24(18)25(32)30-23/h6-10,13-14H,5,11-12,15H2,1-4H3,(H,30,32)(H,33,34). The van der Waals surface area contributed by atoms with Gasteiger partial charge in [0.1, 0.15) is 10.4 Å². The first-order valence-electron chi connectivity index (χ1n) is 12.0. The Labute approximate surface area is 218 Å². The number of nitrogens with one attached hydrogen (secondary N) is 1. The lowest BCUT2D eigenvalue weighted by Gasteiger charge is -2.48. The fourth-order valence-electron chi connectivity index (χ4n) is 5.34. The normalized spacial score (nSPS) is 15.1. The molecule has 0 radical (unpaired) electrons. The Morgan fingerprint density at radius 3 is 2.47 bits per heavy atom. The monoisotopic (exact) mass is 524 g/mol. The van der Waals surface area contributed by atoms with Gasteiger partial charge in [0.15, 0.2) is 0 Å². The van der Waals surface area contributed by atoms with Gasteiger partial charge in [-0.25, -0.2) is 4.79 Å². The molecule has 0 bridgehead atoms. The molecule has 4 aromatic rings. The molecule has 2 heterocycles. The third-order valence-electron chi connectivity index (χ3n) is 7.44. The van der Waals surface area contributed by atoms with E-state index in [2.05, 4.69) is 29.2 Å². The molecular formula is C28H29ClN2O4S. The summed E-state index contributed by atoms with van der Waals surface area (Å²) in [6.07, 6.45) is 2.10. The molecule has 0 unspecified atom stereocenters. The largest absolute Gasteiger partial charge is 0.496 e. The lowest BCUT2D eigenvalue weighted by atomic mass is 9.63. The average molecular weight is 525 g/mol. The van der Waals surface area contributed by atoms with Crippen molar-refractivity contribution in [3.8, 4) is 16.9 Å². The molecule has 36 heavy (non-hydrogen) atoms. The van der Waals surface area contributed by atoms with Crippen molar-refractivity contribution in [2.24, 2.45) is 0 Å². The molecule has 0 spiro atoms. The molecule has 0 aliphatic heterocycles. The molecule has 2 aromatic carbocycles. The van der Waals surface area contributed by atoms with E-state index in [4.69, 9.17) is 16.3 Å². The van der Waals surface area contributed by atoms with Crippen molar-refractivity contribution in [1.82, 2.24) is 9.88 Å². The number of rotatable bonds is 5. The van der Waals surface area contributed by atoms with Gasteiger partial charge in [-0.05, 0) is 56.2 Å². The van der Waals surface area contributed by atoms with Gasteiger partial charge in [-0.3, -0.25) is 4.79 Å². The van der Waals surface area contributed by atoms with E-state index in [-0.39, 0.29) is 11.0 Å². The highest BCUT2D eigenvalue weighted by Gasteiger charge is 2.43. The van der Waals surface area contributed by atoms with E-state index in [1.165, 1.54) is 11.3 Å². The molecule has 1 aliphatic rings. The van der Waals surface area contributed by atoms with Crippen molar-refractivity contribution in [3.05, 3.63) is 62.7 Å². The van der Waals surface area contributed by atoms with E-state index in [1.807, 2.05) is 32.2 Å². The second-order valence-corrected chi connectivity index (χ2v) is 11.9. The quantitative estimate of drug-likeness (QED) is 0.287. The fourth-order valence-corrected chi connectivity index (χ4v) is 6.38. The van der Waals surface area contributed by atoms with Crippen molar-refractivity contribution >= 4 is 50.0 Å². The second kappa shape index (κ2) is 8.82. The van der Waals surface area contributed by atoms with Gasteiger partial charge >= 0.3 is 6.09 Å². The molecule has 1 amide bonds. The van der Waals surface area contributed by atoms with Crippen LogP contribution in [-0.2, 0) is 5.41 Å². The summed E-state index contributed by atoms with van der Waals surface area (Å²) in [7, 11) is 1.61. The van der Waals surface area contributed by atoms with E-state index in [0.717, 1.165) is 46.7 Å². The number of fused-ring (bicyclic) bond motifs is 3. The van der Waals surface area contributed by atoms with Crippen LogP contribution in [0.15, 0.2) is 46.6 Å². The second-order valence-electron chi connectivity index (χ2n) is 10.6. The van der Waals surface area contributed by atoms with Gasteiger partial charge in [0.2, 0.25) is 0 Å². The van der Waals surface area contributed by atoms with Crippen LogP contribution in [0.2, 0.25) is 5.02 Å². The van der Waals surface area contributed by atoms with Crippen molar-refractivity contribution in [3.63, 3.8) is 0 Å². The van der Waals surface area contributed by atoms with Crippen LogP contribution >= 0.6 is 22.9 Å². The number of methoxy groups -OCH3 is 1. The SMILES string of the molecule is COc1cc(Cl)c2[nH]c(=O)c3sccc3c2c1-c1ccc(C2(CN(C(=O)O)C(C)(C)C)CCC2)cc1. The van der Waals surface area contributed by atoms with Crippen LogP contribution < -0.4 is 10.3 Å². The van der Waals surface area contributed by atoms with E-state index >= 15 is 0 Å². The summed E-state index contributed by atoms with van der Waals surface area (Å²) in [6, 6.07) is 12.0. The van der Waals surface area contributed by atoms with Gasteiger partial charge in [-0.1, -0.05) is 42.3 Å². The van der Waals surface area contributed by atoms with Crippen molar-refractivity contribution in [1.29, 1.82) is 0 Å². The third kappa shape index (κ3) is 3.95. The highest BCUT2D eigenvalue weighted by Crippen LogP contribution is 2.47. The Morgan fingerprint density at radius 1 is 1.22 bits per heavy atom. The summed E-state index contributed by atoms with van der Waals surface area (Å²) >= 11 is 7.96. The number of benzene rings is 2. The summed E-state index contributed by atoms with van der Waals surface area (Å²) in [4.78, 5) is 29.2. The van der Waals surface area contributed by atoms with Crippen molar-refractivity contribution in [2.75, 3.05) is 13.7 Å². The number of aromatic nitrogens is 1. The number of pyridine rings is 1. The maximum absolute atomic E-state index is 12.6. The molecule has 1 saturated carbocycles. The maximum atomic E-state index is 12.6. The van der Waals surface area contributed by atoms with Gasteiger partial charge in [-0.2, -0.15) is 0 Å². The highest BCUT2D eigenvalue weighted by atomic mass is 35.5. The van der Waals surface area contributed by atoms with Crippen LogP contribution in [0.4, 0.5) is 4.79 Å². The van der Waals surface area contributed by atoms with Crippen molar-refractivity contribution in [2.45, 2.75) is 51.0 Å². The molecule has 8 heteroatoms. The van der Waals surface area contributed by atoms with Crippen molar-refractivity contribution < 1.29 is 14.6 Å². The first kappa shape index (κ1) is 24.7. The lowest BCUT2D eigenvalue weighted by Crippen LogP contribution is -2.54. The summed E-state index contributed by atoms with van der Waals surface area (Å²) in [5, 5.41) is 13.9. The fraction of sp³-hybridized carbons (Fsp3) is 0.357. The Morgan fingerprint density at radius 2 is 1.92 bits per heavy atom. The number of carbonyl (C=O) groups is 1. The summed E-state index contributed by atoms with van der Waals surface area (Å²) < 4.78 is 6.39. The molecular weight excluding hydrogens is 496 g/mol. The van der Waals surface area contributed by atoms with Crippen LogP contribution in [-0.4, -0.2) is 40.3 Å². The number of nitrogens with zero attached hydrogens (tertiary/aromatic N) is 1. The number of thiophene rings is 1. The first-order chi connectivity index (χ1) is 17.1. The number of ether oxygens (including phenoxy) is 1. The molecule has 188 valence electrons. The van der Waals surface area contributed by atoms with E-state index in [1.54, 1.807) is 18.1 Å². The third-order valence-corrected chi connectivity index (χ3v) is 8.65. The van der Waals surface area contributed by atoms with Gasteiger partial charge in [0.05, 0.1) is 17.6 Å². The van der Waals surface area contributed by atoms with Crippen LogP contribution in [0.25, 0.3) is 32.1 Å². The highest BCUT2D eigenvalue weighted by molar-refractivity contribution is 7.17. The lowest BCUT2D eigenvalue weighted by molar-refractivity contribution is 0.0628. The van der Waals surface area contributed by atoms with E-state index in [9.17, 15) is 14.7 Å². The smallest absolute Gasteiger partial charge is 0.407 e. The minimum atomic E-state index is -0.892. The number of halogens is 1. The van der Waals surface area contributed by atoms with Gasteiger partial charge in [-0.15, -0.1) is 11.3 Å². The Bertz CT molecular complexity index is 1530. The molecule has 1 aliphatic carbocycles. The summed E-state index contributed by atoms with van der Waals surface area (Å²) in [5.74, 6) is 0.628. The van der Waals surface area contributed by atoms with Gasteiger partial charge < -0.3 is 19.7 Å². The average Bonchev–Trinajstić information content (AvgIpc) is 3.29. The van der Waals surface area contributed by atoms with Crippen LogP contribution in [0.1, 0.15) is 45.6 Å². The Kier molecular flexibility index (Phi) is 6.04. The van der Waals surface area contributed by atoms with E-state index < -0.39 is 11.6 Å². The summed E-state index contributed by atoms with van der Waals surface area (Å²) in [5.41, 5.74) is 2.71. The predicted octanol–water partition coefficient (Wildman–Crippen LogP) is 7.27. The van der Waals surface area contributed by atoms with Crippen LogP contribution in [0.5, 0.6) is 5.75 Å². The number of H-pyrrole nitrogens is 1. The molecule has 6 nitrogen and oxygen atoms in total. The number of carboxylic acid groups (broad SMARTS) is 1. The predicted molar refractivity (Wildman–Crippen MR) is 147 cm³/mol. The number of hydrogen-bond acceptors (Lipinski definition) is 4. The summed E-state index contributed by atoms with van der Waals surface area (Å²) in [6.45, 7) is 6.27. The Hall–Kier alpha value is -3.03. The number of amides is 1. The molecule has 5 rings (SSSR count). The zero-order valence-electron chi connectivity index (χ0n) is 20.8. The first-order valence-corrected chi connectivity index (χ1v) is 13.2. The van der Waals surface area contributed by atoms with Crippen LogP contribution in [0, 0.1) is 0 Å².